The van der Waals surface area contributed by atoms with Crippen LogP contribution in [-0.2, 0) is 6.42 Å². The summed E-state index contributed by atoms with van der Waals surface area (Å²) in [6.45, 7) is 13.9. The molecule has 2 atom stereocenters. The summed E-state index contributed by atoms with van der Waals surface area (Å²) in [6.07, 6.45) is 14.7. The third-order valence-electron chi connectivity index (χ3n) is 12.0. The highest BCUT2D eigenvalue weighted by molar-refractivity contribution is 6.08. The van der Waals surface area contributed by atoms with Crippen molar-refractivity contribution < 1.29 is 0 Å². The van der Waals surface area contributed by atoms with Gasteiger partial charge in [0.2, 0.25) is 0 Å². The largest absolute Gasteiger partial charge is 0.316 e. The van der Waals surface area contributed by atoms with E-state index in [0.717, 1.165) is 41.8 Å². The fourth-order valence-electron chi connectivity index (χ4n) is 9.17. The normalized spacial score (nSPS) is 17.1. The van der Waals surface area contributed by atoms with E-state index in [2.05, 4.69) is 202 Å². The van der Waals surface area contributed by atoms with Crippen molar-refractivity contribution in [2.75, 3.05) is 4.90 Å². The molecule has 2 aliphatic rings. The van der Waals surface area contributed by atoms with Gasteiger partial charge < -0.3 is 10.2 Å². The predicted molar refractivity (Wildman–Crippen MR) is 247 cm³/mol. The molecular weight excluding hydrogens is 689 g/mol. The van der Waals surface area contributed by atoms with Gasteiger partial charge in [-0.3, -0.25) is 0 Å². The zero-order valence-corrected chi connectivity index (χ0v) is 33.5. The first kappa shape index (κ1) is 36.4. The first-order chi connectivity index (χ1) is 27.9. The Kier molecular flexibility index (Phi) is 9.82. The van der Waals surface area contributed by atoms with Crippen molar-refractivity contribution in [3.05, 3.63) is 209 Å². The molecule has 1 heterocycles. The van der Waals surface area contributed by atoms with Crippen LogP contribution in [0.4, 0.5) is 11.4 Å². The molecule has 0 fully saturated rings. The number of para-hydroxylation sites is 1. The summed E-state index contributed by atoms with van der Waals surface area (Å²) in [4.78, 5) is 2.41. The monoisotopic (exact) mass is 738 g/mol. The van der Waals surface area contributed by atoms with Gasteiger partial charge in [0.15, 0.2) is 0 Å². The third kappa shape index (κ3) is 6.75. The second kappa shape index (κ2) is 15.4. The Bertz CT molecular complexity index is 2830. The molecule has 0 radical (unpaired) electrons. The summed E-state index contributed by atoms with van der Waals surface area (Å²) in [5.74, 6) is 0. The zero-order chi connectivity index (χ0) is 39.0. The lowest BCUT2D eigenvalue weighted by molar-refractivity contribution is 0.497. The van der Waals surface area contributed by atoms with Crippen LogP contribution in [0.1, 0.15) is 86.0 Å². The van der Waals surface area contributed by atoms with Gasteiger partial charge in [-0.25, -0.2) is 0 Å². The van der Waals surface area contributed by atoms with Crippen molar-refractivity contribution in [3.63, 3.8) is 0 Å². The van der Waals surface area contributed by atoms with Gasteiger partial charge in [0.1, 0.15) is 0 Å². The van der Waals surface area contributed by atoms with E-state index in [1.807, 2.05) is 0 Å². The molecular formula is C55H50N2. The molecule has 2 heteroatoms. The van der Waals surface area contributed by atoms with Gasteiger partial charge in [-0.05, 0) is 141 Å². The Labute approximate surface area is 337 Å². The van der Waals surface area contributed by atoms with E-state index in [1.165, 1.54) is 76.9 Å². The smallest absolute Gasteiger partial charge is 0.0534 e. The standard InChI is InChI=1S/C55H50N2/c1-6-17-44-34-52(41-19-8-9-20-41)48-24-12-14-26-50(48)55(44)51-32-36(2)45-22-15-16-27-53(45)57(35-37(51)3)54-31-30-46(47-23-11-13-25-49(47)54)39(5)56-38(4)42-29-28-40-18-7-10-21-43(40)33-42/h7-8,10-16,18-35,38-39,56H,2,6,9,17H2,1,3-5H3/b37-35-,51-32+. The van der Waals surface area contributed by atoms with E-state index in [1.54, 1.807) is 0 Å². The maximum absolute atomic E-state index is 4.74. The van der Waals surface area contributed by atoms with Crippen molar-refractivity contribution in [1.29, 1.82) is 0 Å². The average molecular weight is 739 g/mol. The molecule has 9 rings (SSSR count). The van der Waals surface area contributed by atoms with Crippen LogP contribution < -0.4 is 10.2 Å². The lowest BCUT2D eigenvalue weighted by Crippen LogP contribution is -2.23. The Hall–Kier alpha value is -6.22. The third-order valence-corrected chi connectivity index (χ3v) is 12.0. The molecule has 0 saturated heterocycles. The number of aryl methyl sites for hydroxylation is 1. The number of anilines is 2. The lowest BCUT2D eigenvalue weighted by Gasteiger charge is -2.30. The number of benzene rings is 7. The van der Waals surface area contributed by atoms with Crippen LogP contribution in [0.2, 0.25) is 0 Å². The van der Waals surface area contributed by atoms with Gasteiger partial charge in [-0.2, -0.15) is 0 Å². The van der Waals surface area contributed by atoms with Gasteiger partial charge in [0.25, 0.3) is 0 Å². The molecule has 0 spiro atoms. The minimum atomic E-state index is 0.125. The molecule has 57 heavy (non-hydrogen) atoms. The van der Waals surface area contributed by atoms with E-state index in [9.17, 15) is 0 Å². The van der Waals surface area contributed by atoms with Crippen LogP contribution in [0.5, 0.6) is 0 Å². The van der Waals surface area contributed by atoms with Crippen LogP contribution in [0.3, 0.4) is 0 Å². The van der Waals surface area contributed by atoms with Gasteiger partial charge >= 0.3 is 0 Å². The Morgan fingerprint density at radius 1 is 0.684 bits per heavy atom. The number of nitrogens with zero attached hydrogens (tertiary/aromatic N) is 1. The molecule has 2 nitrogen and oxygen atoms in total. The second-order valence-corrected chi connectivity index (χ2v) is 15.8. The summed E-state index contributed by atoms with van der Waals surface area (Å²) in [5, 5.41) is 11.5. The highest BCUT2D eigenvalue weighted by Gasteiger charge is 2.24. The topological polar surface area (TPSA) is 15.3 Å². The molecule has 0 amide bonds. The van der Waals surface area contributed by atoms with Crippen LogP contribution in [0.25, 0.3) is 49.0 Å². The second-order valence-electron chi connectivity index (χ2n) is 15.8. The van der Waals surface area contributed by atoms with Gasteiger partial charge in [-0.15, -0.1) is 0 Å². The van der Waals surface area contributed by atoms with Crippen LogP contribution in [-0.4, -0.2) is 0 Å². The fourth-order valence-corrected chi connectivity index (χ4v) is 9.17. The van der Waals surface area contributed by atoms with Crippen molar-refractivity contribution in [2.24, 2.45) is 0 Å². The van der Waals surface area contributed by atoms with Crippen LogP contribution in [0, 0.1) is 0 Å². The Morgan fingerprint density at radius 2 is 1.40 bits per heavy atom. The predicted octanol–water partition coefficient (Wildman–Crippen LogP) is 15.0. The first-order valence-electron chi connectivity index (χ1n) is 20.6. The lowest BCUT2D eigenvalue weighted by atomic mass is 9.83. The first-order valence-corrected chi connectivity index (χ1v) is 20.6. The Balaban J connectivity index is 1.16. The molecule has 0 bridgehead atoms. The van der Waals surface area contributed by atoms with Crippen molar-refractivity contribution >= 4 is 60.4 Å². The number of hydrogen-bond donors (Lipinski definition) is 1. The van der Waals surface area contributed by atoms with Gasteiger partial charge in [-0.1, -0.05) is 147 Å². The molecule has 7 aromatic rings. The van der Waals surface area contributed by atoms with Gasteiger partial charge in [0.05, 0.1) is 11.4 Å². The van der Waals surface area contributed by atoms with E-state index in [-0.39, 0.29) is 12.1 Å². The molecule has 1 aliphatic heterocycles. The quantitative estimate of drug-likeness (QED) is 0.159. The molecule has 7 aromatic carbocycles. The maximum atomic E-state index is 4.74. The molecule has 1 N–H and O–H groups in total. The summed E-state index contributed by atoms with van der Waals surface area (Å²) >= 11 is 0. The minimum absolute atomic E-state index is 0.125. The zero-order valence-electron chi connectivity index (χ0n) is 33.5. The number of nitrogens with one attached hydrogen (secondary N) is 1. The highest BCUT2D eigenvalue weighted by Crippen LogP contribution is 2.45. The summed E-state index contributed by atoms with van der Waals surface area (Å²) < 4.78 is 0. The summed E-state index contributed by atoms with van der Waals surface area (Å²) in [5.41, 5.74) is 14.8. The molecule has 1 aliphatic carbocycles. The highest BCUT2D eigenvalue weighted by atomic mass is 15.1. The fraction of sp³-hybridized carbons (Fsp3) is 0.164. The molecule has 2 unspecified atom stereocenters. The number of hydrogen-bond acceptors (Lipinski definition) is 2. The molecule has 280 valence electrons. The number of rotatable bonds is 9. The van der Waals surface area contributed by atoms with Gasteiger partial charge in [0, 0.05) is 29.2 Å². The summed E-state index contributed by atoms with van der Waals surface area (Å²) in [7, 11) is 0. The Morgan fingerprint density at radius 3 is 2.19 bits per heavy atom. The average Bonchev–Trinajstić information content (AvgIpc) is 3.79. The van der Waals surface area contributed by atoms with E-state index < -0.39 is 0 Å². The number of fused-ring (bicyclic) bond motifs is 4. The van der Waals surface area contributed by atoms with Crippen LogP contribution in [0.15, 0.2) is 176 Å². The molecule has 0 aromatic heterocycles. The number of allylic oxidation sites excluding steroid dienone is 8. The van der Waals surface area contributed by atoms with E-state index >= 15 is 0 Å². The van der Waals surface area contributed by atoms with E-state index in [0.29, 0.717) is 0 Å². The molecule has 0 saturated carbocycles. The van der Waals surface area contributed by atoms with Crippen molar-refractivity contribution in [2.45, 2.75) is 59.0 Å². The van der Waals surface area contributed by atoms with Crippen LogP contribution >= 0.6 is 0 Å². The summed E-state index contributed by atoms with van der Waals surface area (Å²) in [6, 6.07) is 49.4. The van der Waals surface area contributed by atoms with E-state index in [4.69, 9.17) is 6.58 Å². The maximum Gasteiger partial charge on any atom is 0.0534 e. The minimum Gasteiger partial charge on any atom is -0.316 e. The van der Waals surface area contributed by atoms with Crippen molar-refractivity contribution in [3.8, 4) is 0 Å². The SMILES string of the molecule is C=C1/C=C(c2c(CCC)cc(C3=CCC=C3)c3ccccc23)\C(C)=C/N(c2ccc(C(C)NC(C)c3ccc4ccccc4c3)c3ccccc23)c2ccccc21. The van der Waals surface area contributed by atoms with Crippen molar-refractivity contribution in [1.82, 2.24) is 5.32 Å².